The minimum absolute atomic E-state index is 0.257. The number of nitrogens with zero attached hydrogens (tertiary/aromatic N) is 4. The van der Waals surface area contributed by atoms with Crippen LogP contribution in [0, 0.1) is 0 Å². The van der Waals surface area contributed by atoms with Crippen molar-refractivity contribution in [2.75, 3.05) is 19.8 Å². The molecule has 1 fully saturated rings. The molecule has 1 aliphatic rings. The summed E-state index contributed by atoms with van der Waals surface area (Å²) in [5, 5.41) is 4.38. The van der Waals surface area contributed by atoms with Crippen LogP contribution in [-0.4, -0.2) is 41.4 Å². The van der Waals surface area contributed by atoms with Crippen molar-refractivity contribution in [1.82, 2.24) is 18.9 Å². The molecule has 0 unspecified atom stereocenters. The van der Waals surface area contributed by atoms with Crippen molar-refractivity contribution in [2.45, 2.75) is 42.9 Å². The first-order chi connectivity index (χ1) is 13.4. The van der Waals surface area contributed by atoms with Gasteiger partial charge in [-0.1, -0.05) is 31.4 Å². The van der Waals surface area contributed by atoms with E-state index in [1.54, 1.807) is 35.0 Å². The molecule has 0 aliphatic heterocycles. The Kier molecular flexibility index (Phi) is 4.84. The summed E-state index contributed by atoms with van der Waals surface area (Å²) in [5.74, 6) is 1.01. The molecule has 2 N–H and O–H groups in total. The number of benzene rings is 1. The van der Waals surface area contributed by atoms with Crippen molar-refractivity contribution < 1.29 is 8.42 Å². The van der Waals surface area contributed by atoms with E-state index in [0.717, 1.165) is 29.7 Å². The van der Waals surface area contributed by atoms with E-state index < -0.39 is 10.0 Å². The normalized spacial score (nSPS) is 16.1. The van der Waals surface area contributed by atoms with Crippen LogP contribution in [0.4, 0.5) is 5.82 Å². The SMILES string of the molecule is CN(C)S(=O)(=O)c1ccc(-c2cnn3c(N)cc(C4CCCCC4)nc23)cc1. The van der Waals surface area contributed by atoms with Crippen LogP contribution in [-0.2, 0) is 10.0 Å². The molecule has 1 aromatic carbocycles. The molecule has 0 spiro atoms. The topological polar surface area (TPSA) is 93.6 Å². The summed E-state index contributed by atoms with van der Waals surface area (Å²) < 4.78 is 27.4. The molecule has 0 radical (unpaired) electrons. The first kappa shape index (κ1) is 18.9. The lowest BCUT2D eigenvalue weighted by molar-refractivity contribution is 0.437. The van der Waals surface area contributed by atoms with Gasteiger partial charge in [-0.3, -0.25) is 0 Å². The lowest BCUT2D eigenvalue weighted by Gasteiger charge is -2.21. The van der Waals surface area contributed by atoms with E-state index in [1.807, 2.05) is 6.07 Å². The van der Waals surface area contributed by atoms with Gasteiger partial charge < -0.3 is 5.73 Å². The van der Waals surface area contributed by atoms with Gasteiger partial charge in [0, 0.05) is 37.3 Å². The number of nitrogens with two attached hydrogens (primary N) is 1. The Hall–Kier alpha value is -2.45. The average Bonchev–Trinajstić information content (AvgIpc) is 3.13. The van der Waals surface area contributed by atoms with Crippen molar-refractivity contribution in [3.8, 4) is 11.1 Å². The summed E-state index contributed by atoms with van der Waals surface area (Å²) in [7, 11) is -0.412. The molecule has 0 amide bonds. The Morgan fingerprint density at radius 1 is 1.11 bits per heavy atom. The first-order valence-electron chi connectivity index (χ1n) is 9.55. The van der Waals surface area contributed by atoms with Crippen molar-refractivity contribution >= 4 is 21.5 Å². The molecule has 0 bridgehead atoms. The van der Waals surface area contributed by atoms with Gasteiger partial charge >= 0.3 is 0 Å². The van der Waals surface area contributed by atoms with E-state index >= 15 is 0 Å². The Labute approximate surface area is 165 Å². The first-order valence-corrected chi connectivity index (χ1v) is 11.0. The minimum Gasteiger partial charge on any atom is -0.384 e. The minimum atomic E-state index is -3.46. The molecule has 1 aliphatic carbocycles. The predicted octanol–water partition coefficient (Wildman–Crippen LogP) is 3.28. The van der Waals surface area contributed by atoms with Crippen LogP contribution in [0.25, 0.3) is 16.8 Å². The van der Waals surface area contributed by atoms with Crippen LogP contribution in [0.5, 0.6) is 0 Å². The van der Waals surface area contributed by atoms with E-state index in [4.69, 9.17) is 10.7 Å². The van der Waals surface area contributed by atoms with Crippen molar-refractivity contribution in [3.63, 3.8) is 0 Å². The van der Waals surface area contributed by atoms with Gasteiger partial charge in [-0.15, -0.1) is 0 Å². The van der Waals surface area contributed by atoms with Gasteiger partial charge in [0.1, 0.15) is 5.82 Å². The van der Waals surface area contributed by atoms with Gasteiger partial charge in [0.15, 0.2) is 5.65 Å². The number of rotatable bonds is 4. The maximum atomic E-state index is 12.3. The zero-order valence-corrected chi connectivity index (χ0v) is 17.0. The van der Waals surface area contributed by atoms with Gasteiger partial charge in [0.25, 0.3) is 0 Å². The Morgan fingerprint density at radius 3 is 2.43 bits per heavy atom. The van der Waals surface area contributed by atoms with Crippen molar-refractivity contribution in [1.29, 1.82) is 0 Å². The van der Waals surface area contributed by atoms with Crippen LogP contribution in [0.15, 0.2) is 41.4 Å². The summed E-state index contributed by atoms with van der Waals surface area (Å²) in [6.45, 7) is 0. The van der Waals surface area contributed by atoms with Gasteiger partial charge in [0.2, 0.25) is 10.0 Å². The molecule has 0 atom stereocenters. The molecule has 7 nitrogen and oxygen atoms in total. The highest BCUT2D eigenvalue weighted by Crippen LogP contribution is 2.34. The maximum absolute atomic E-state index is 12.3. The summed E-state index contributed by atoms with van der Waals surface area (Å²) in [5.41, 5.74) is 9.69. The fourth-order valence-electron chi connectivity index (χ4n) is 3.83. The fraction of sp³-hybridized carbons (Fsp3) is 0.400. The molecule has 3 aromatic rings. The highest BCUT2D eigenvalue weighted by atomic mass is 32.2. The van der Waals surface area contributed by atoms with Crippen LogP contribution < -0.4 is 5.73 Å². The number of aromatic nitrogens is 3. The molecule has 0 saturated heterocycles. The zero-order valence-electron chi connectivity index (χ0n) is 16.2. The number of hydrogen-bond acceptors (Lipinski definition) is 5. The van der Waals surface area contributed by atoms with E-state index in [0.29, 0.717) is 17.4 Å². The van der Waals surface area contributed by atoms with E-state index in [9.17, 15) is 8.42 Å². The average molecular weight is 400 g/mol. The molecule has 148 valence electrons. The lowest BCUT2D eigenvalue weighted by atomic mass is 9.87. The van der Waals surface area contributed by atoms with Crippen molar-refractivity contribution in [3.05, 3.63) is 42.2 Å². The smallest absolute Gasteiger partial charge is 0.242 e. The fourth-order valence-corrected chi connectivity index (χ4v) is 4.74. The largest absolute Gasteiger partial charge is 0.384 e. The molecule has 2 aromatic heterocycles. The molecule has 28 heavy (non-hydrogen) atoms. The zero-order chi connectivity index (χ0) is 19.9. The van der Waals surface area contributed by atoms with Crippen LogP contribution in [0.3, 0.4) is 0 Å². The summed E-state index contributed by atoms with van der Waals surface area (Å²) in [6.07, 6.45) is 7.76. The molecule has 8 heteroatoms. The summed E-state index contributed by atoms with van der Waals surface area (Å²) in [6, 6.07) is 8.74. The highest BCUT2D eigenvalue weighted by molar-refractivity contribution is 7.89. The Balaban J connectivity index is 1.75. The number of fused-ring (bicyclic) bond motifs is 1. The molecule has 4 rings (SSSR count). The van der Waals surface area contributed by atoms with Gasteiger partial charge in [0.05, 0.1) is 11.1 Å². The van der Waals surface area contributed by atoms with Crippen molar-refractivity contribution in [2.24, 2.45) is 0 Å². The molecule has 1 saturated carbocycles. The van der Waals surface area contributed by atoms with Gasteiger partial charge in [-0.2, -0.15) is 9.61 Å². The number of sulfonamides is 1. The van der Waals surface area contributed by atoms with E-state index in [1.165, 1.54) is 37.7 Å². The summed E-state index contributed by atoms with van der Waals surface area (Å²) in [4.78, 5) is 5.15. The Bertz CT molecular complexity index is 1100. The van der Waals surface area contributed by atoms with Crippen LogP contribution >= 0.6 is 0 Å². The monoisotopic (exact) mass is 399 g/mol. The van der Waals surface area contributed by atoms with Gasteiger partial charge in [-0.25, -0.2) is 17.7 Å². The standard InChI is InChI=1S/C20H25N5O2S/c1-24(2)28(26,27)16-10-8-14(9-11-16)17-13-22-25-19(21)12-18(23-20(17)25)15-6-4-3-5-7-15/h8-13,15H,3-7,21H2,1-2H3. The summed E-state index contributed by atoms with van der Waals surface area (Å²) >= 11 is 0. The third-order valence-corrected chi connectivity index (χ3v) is 7.32. The molecule has 2 heterocycles. The third-order valence-electron chi connectivity index (χ3n) is 5.49. The lowest BCUT2D eigenvalue weighted by Crippen LogP contribution is -2.22. The molecular weight excluding hydrogens is 374 g/mol. The van der Waals surface area contributed by atoms with E-state index in [2.05, 4.69) is 5.10 Å². The quantitative estimate of drug-likeness (QED) is 0.727. The van der Waals surface area contributed by atoms with Crippen LogP contribution in [0.1, 0.15) is 43.7 Å². The second-order valence-corrected chi connectivity index (χ2v) is 9.70. The molecular formula is C20H25N5O2S. The Morgan fingerprint density at radius 2 is 1.79 bits per heavy atom. The van der Waals surface area contributed by atoms with Gasteiger partial charge in [-0.05, 0) is 30.5 Å². The number of hydrogen-bond donors (Lipinski definition) is 1. The highest BCUT2D eigenvalue weighted by Gasteiger charge is 2.21. The maximum Gasteiger partial charge on any atom is 0.242 e. The van der Waals surface area contributed by atoms with Crippen LogP contribution in [0.2, 0.25) is 0 Å². The second-order valence-electron chi connectivity index (χ2n) is 7.55. The number of anilines is 1. The third kappa shape index (κ3) is 3.27. The number of nitrogen functional groups attached to an aromatic ring is 1. The van der Waals surface area contributed by atoms with E-state index in [-0.39, 0.29) is 4.90 Å². The predicted molar refractivity (Wildman–Crippen MR) is 110 cm³/mol. The second kappa shape index (κ2) is 7.18.